The monoisotopic (exact) mass is 259 g/mol. The van der Waals surface area contributed by atoms with Crippen LogP contribution in [0, 0.1) is 0 Å². The van der Waals surface area contributed by atoms with Gasteiger partial charge in [0.05, 0.1) is 12.7 Å². The van der Waals surface area contributed by atoms with Crippen molar-refractivity contribution in [2.45, 2.75) is 5.03 Å². The molecule has 2 N–H and O–H groups in total. The number of rotatable bonds is 4. The van der Waals surface area contributed by atoms with Gasteiger partial charge < -0.3 is 5.32 Å². The molecule has 0 saturated heterocycles. The minimum atomic E-state index is -0.401. The third kappa shape index (κ3) is 4.94. The summed E-state index contributed by atoms with van der Waals surface area (Å²) in [4.78, 5) is 22.3. The molecule has 1 aromatic rings. The molecular weight excluding hydrogens is 250 g/mol. The van der Waals surface area contributed by atoms with E-state index in [-0.39, 0.29) is 11.7 Å². The number of aromatic nitrogens is 3. The summed E-state index contributed by atoms with van der Waals surface area (Å²) in [5.41, 5.74) is 0. The number of hydrogen-bond donors (Lipinski definition) is 2. The van der Waals surface area contributed by atoms with Crippen molar-refractivity contribution in [3.05, 3.63) is 12.3 Å². The Labute approximate surface area is 100 Å². The van der Waals surface area contributed by atoms with Gasteiger partial charge in [0.15, 0.2) is 0 Å². The van der Waals surface area contributed by atoms with Crippen LogP contribution < -0.4 is 10.0 Å². The Kier molecular flexibility index (Phi) is 5.57. The molecule has 0 bridgehead atoms. The van der Waals surface area contributed by atoms with Crippen molar-refractivity contribution in [2.24, 2.45) is 0 Å². The molecule has 0 fully saturated rings. The molecule has 1 heterocycles. The van der Waals surface area contributed by atoms with Gasteiger partial charge >= 0.3 is 6.03 Å². The molecule has 2 amide bonds. The van der Waals surface area contributed by atoms with Crippen LogP contribution in [-0.4, -0.2) is 39.4 Å². The van der Waals surface area contributed by atoms with Crippen LogP contribution in [0.5, 0.6) is 0 Å². The fraction of sp³-hybridized carbons (Fsp3) is 0.286. The van der Waals surface area contributed by atoms with Crippen molar-refractivity contribution in [3.8, 4) is 0 Å². The molecule has 0 atom stereocenters. The lowest BCUT2D eigenvalue weighted by atomic mass is 10.7. The van der Waals surface area contributed by atoms with E-state index in [0.717, 1.165) is 23.7 Å². The van der Waals surface area contributed by atoms with E-state index in [4.69, 9.17) is 0 Å². The van der Waals surface area contributed by atoms with E-state index >= 15 is 0 Å². The zero-order chi connectivity index (χ0) is 11.8. The van der Waals surface area contributed by atoms with E-state index in [0.29, 0.717) is 5.03 Å². The van der Waals surface area contributed by atoms with E-state index in [1.54, 1.807) is 12.3 Å². The lowest BCUT2D eigenvalue weighted by molar-refractivity contribution is -0.110. The van der Waals surface area contributed by atoms with Crippen molar-refractivity contribution >= 4 is 34.9 Å². The molecule has 0 aliphatic rings. The van der Waals surface area contributed by atoms with Crippen molar-refractivity contribution < 1.29 is 9.59 Å². The summed E-state index contributed by atoms with van der Waals surface area (Å²) in [6.45, 7) is -0.0684. The summed E-state index contributed by atoms with van der Waals surface area (Å²) in [5, 5.41) is 13.1. The number of nitrogens with zero attached hydrogens (tertiary/aromatic N) is 3. The molecule has 9 heteroatoms. The summed E-state index contributed by atoms with van der Waals surface area (Å²) in [7, 11) is 0. The molecule has 0 aliphatic carbocycles. The van der Waals surface area contributed by atoms with E-state index in [9.17, 15) is 9.59 Å². The van der Waals surface area contributed by atoms with Gasteiger partial charge in [0.1, 0.15) is 5.03 Å². The average molecular weight is 259 g/mol. The van der Waals surface area contributed by atoms with Gasteiger partial charge in [-0.3, -0.25) is 9.52 Å². The highest BCUT2D eigenvalue weighted by atomic mass is 32.2. The number of nitrogens with one attached hydrogen (secondary N) is 2. The minimum Gasteiger partial charge on any atom is -0.329 e. The van der Waals surface area contributed by atoms with Crippen LogP contribution in [-0.2, 0) is 4.79 Å². The Bertz CT molecular complexity index is 361. The second-order valence-corrected chi connectivity index (χ2v) is 4.11. The van der Waals surface area contributed by atoms with Gasteiger partial charge in [-0.25, -0.2) is 4.79 Å². The second-order valence-electron chi connectivity index (χ2n) is 2.42. The maximum absolute atomic E-state index is 11.3. The summed E-state index contributed by atoms with van der Waals surface area (Å²) in [6.07, 6.45) is 3.15. The molecule has 0 radical (unpaired) electrons. The number of carbonyl (C=O) groups is 2. The molecule has 16 heavy (non-hydrogen) atoms. The molecule has 0 aliphatic heterocycles. The highest BCUT2D eigenvalue weighted by molar-refractivity contribution is 8.13. The topological polar surface area (TPSA) is 96.9 Å². The zero-order valence-electron chi connectivity index (χ0n) is 8.34. The van der Waals surface area contributed by atoms with Gasteiger partial charge in [0.2, 0.25) is 5.12 Å². The third-order valence-electron chi connectivity index (χ3n) is 1.29. The third-order valence-corrected chi connectivity index (χ3v) is 2.47. The first-order chi connectivity index (χ1) is 7.72. The maximum Gasteiger partial charge on any atom is 0.325 e. The molecular formula is C7H9N5O2S2. The van der Waals surface area contributed by atoms with E-state index in [1.807, 2.05) is 0 Å². The lowest BCUT2D eigenvalue weighted by Gasteiger charge is -2.03. The van der Waals surface area contributed by atoms with Crippen LogP contribution >= 0.6 is 23.7 Å². The first kappa shape index (κ1) is 12.7. The Morgan fingerprint density at radius 2 is 2.31 bits per heavy atom. The van der Waals surface area contributed by atoms with Gasteiger partial charge in [0, 0.05) is 6.26 Å². The van der Waals surface area contributed by atoms with E-state index < -0.39 is 6.03 Å². The first-order valence-electron chi connectivity index (χ1n) is 4.14. The number of thioether (sulfide) groups is 1. The van der Waals surface area contributed by atoms with Gasteiger partial charge in [-0.2, -0.15) is 0 Å². The van der Waals surface area contributed by atoms with Crippen molar-refractivity contribution in [1.29, 1.82) is 0 Å². The number of amides is 2. The molecule has 0 unspecified atom stereocenters. The largest absolute Gasteiger partial charge is 0.329 e. The summed E-state index contributed by atoms with van der Waals surface area (Å²) in [5.74, 6) is 0. The van der Waals surface area contributed by atoms with Crippen molar-refractivity contribution in [1.82, 2.24) is 25.4 Å². The highest BCUT2D eigenvalue weighted by Gasteiger charge is 2.07. The Morgan fingerprint density at radius 3 is 2.94 bits per heavy atom. The van der Waals surface area contributed by atoms with Gasteiger partial charge in [-0.05, 0) is 23.0 Å². The van der Waals surface area contributed by atoms with Crippen LogP contribution in [0.3, 0.4) is 0 Å². The van der Waals surface area contributed by atoms with E-state index in [2.05, 4.69) is 25.4 Å². The number of carbonyl (C=O) groups excluding carboxylic acids is 2. The van der Waals surface area contributed by atoms with Crippen molar-refractivity contribution in [3.63, 3.8) is 0 Å². The van der Waals surface area contributed by atoms with Gasteiger partial charge in [0.25, 0.3) is 0 Å². The van der Waals surface area contributed by atoms with Crippen LogP contribution in [0.25, 0.3) is 0 Å². The smallest absolute Gasteiger partial charge is 0.325 e. The molecule has 7 nitrogen and oxygen atoms in total. The van der Waals surface area contributed by atoms with Crippen LogP contribution in [0.2, 0.25) is 0 Å². The van der Waals surface area contributed by atoms with Crippen molar-refractivity contribution in [2.75, 3.05) is 12.8 Å². The SMILES string of the molecule is CSNC(=O)NCC(=O)Sc1ccnnn1. The Hall–Kier alpha value is -1.35. The summed E-state index contributed by atoms with van der Waals surface area (Å²) >= 11 is 2.06. The Morgan fingerprint density at radius 1 is 1.50 bits per heavy atom. The number of hydrogen-bond acceptors (Lipinski definition) is 7. The number of urea groups is 1. The first-order valence-corrected chi connectivity index (χ1v) is 6.18. The molecule has 86 valence electrons. The normalized spacial score (nSPS) is 9.56. The lowest BCUT2D eigenvalue weighted by Crippen LogP contribution is -2.34. The zero-order valence-corrected chi connectivity index (χ0v) is 9.97. The van der Waals surface area contributed by atoms with Gasteiger partial charge in [-0.1, -0.05) is 11.9 Å². The molecule has 1 aromatic heterocycles. The quantitative estimate of drug-likeness (QED) is 0.583. The maximum atomic E-state index is 11.3. The summed E-state index contributed by atoms with van der Waals surface area (Å²) < 4.78 is 2.43. The van der Waals surface area contributed by atoms with Crippen LogP contribution in [0.15, 0.2) is 17.3 Å². The standard InChI is InChI=1S/C7H9N5O2S2/c1-15-11-7(14)8-4-6(13)16-5-2-3-9-12-10-5/h2-3H,4H2,1H3,(H2,8,11,14). The molecule has 0 aromatic carbocycles. The fourth-order valence-corrected chi connectivity index (χ4v) is 1.56. The van der Waals surface area contributed by atoms with Crippen LogP contribution in [0.4, 0.5) is 4.79 Å². The minimum absolute atomic E-state index is 0.0684. The summed E-state index contributed by atoms with van der Waals surface area (Å²) in [6, 6.07) is 1.17. The highest BCUT2D eigenvalue weighted by Crippen LogP contribution is 2.12. The van der Waals surface area contributed by atoms with E-state index in [1.165, 1.54) is 6.20 Å². The van der Waals surface area contributed by atoms with Crippen LogP contribution in [0.1, 0.15) is 0 Å². The van der Waals surface area contributed by atoms with Gasteiger partial charge in [-0.15, -0.1) is 10.2 Å². The molecule has 0 saturated carbocycles. The average Bonchev–Trinajstić information content (AvgIpc) is 2.28. The molecule has 1 rings (SSSR count). The molecule has 0 spiro atoms. The Balaban J connectivity index is 2.29. The predicted octanol–water partition coefficient (Wildman–Crippen LogP) is 0.0675. The fourth-order valence-electron chi connectivity index (χ4n) is 0.719. The second kappa shape index (κ2) is 7.01. The predicted molar refractivity (Wildman–Crippen MR) is 60.7 cm³/mol.